The SMILES string of the molecule is CC(Cc1ccsc1)NCc1cccc(C#N)c1. The molecule has 0 saturated heterocycles. The average Bonchev–Trinajstić information content (AvgIpc) is 2.89. The van der Waals surface area contributed by atoms with Gasteiger partial charge in [-0.2, -0.15) is 16.6 Å². The molecule has 1 N–H and O–H groups in total. The highest BCUT2D eigenvalue weighted by atomic mass is 32.1. The van der Waals surface area contributed by atoms with Gasteiger partial charge in [0, 0.05) is 12.6 Å². The van der Waals surface area contributed by atoms with Crippen molar-refractivity contribution in [2.45, 2.75) is 25.9 Å². The topological polar surface area (TPSA) is 35.8 Å². The molecular weight excluding hydrogens is 240 g/mol. The second kappa shape index (κ2) is 6.34. The van der Waals surface area contributed by atoms with E-state index in [0.29, 0.717) is 6.04 Å². The summed E-state index contributed by atoms with van der Waals surface area (Å²) in [5, 5.41) is 16.6. The Balaban J connectivity index is 1.85. The molecule has 0 fully saturated rings. The lowest BCUT2D eigenvalue weighted by Gasteiger charge is -2.13. The maximum absolute atomic E-state index is 8.84. The normalized spacial score (nSPS) is 12.0. The Labute approximate surface area is 112 Å². The minimum atomic E-state index is 0.436. The Kier molecular flexibility index (Phi) is 4.52. The lowest BCUT2D eigenvalue weighted by molar-refractivity contribution is 0.546. The van der Waals surface area contributed by atoms with Crippen LogP contribution in [0.1, 0.15) is 23.6 Å². The summed E-state index contributed by atoms with van der Waals surface area (Å²) in [6.45, 7) is 2.99. The maximum Gasteiger partial charge on any atom is 0.0991 e. The zero-order valence-electron chi connectivity index (χ0n) is 10.4. The van der Waals surface area contributed by atoms with Gasteiger partial charge < -0.3 is 5.32 Å². The van der Waals surface area contributed by atoms with Gasteiger partial charge in [0.25, 0.3) is 0 Å². The van der Waals surface area contributed by atoms with E-state index < -0.39 is 0 Å². The van der Waals surface area contributed by atoms with Crippen molar-refractivity contribution in [2.24, 2.45) is 0 Å². The van der Waals surface area contributed by atoms with E-state index in [1.54, 1.807) is 11.3 Å². The van der Waals surface area contributed by atoms with Crippen LogP contribution in [0.25, 0.3) is 0 Å². The Bertz CT molecular complexity index is 526. The van der Waals surface area contributed by atoms with E-state index in [1.165, 1.54) is 5.56 Å². The summed E-state index contributed by atoms with van der Waals surface area (Å²) < 4.78 is 0. The number of hydrogen-bond acceptors (Lipinski definition) is 3. The largest absolute Gasteiger partial charge is 0.310 e. The van der Waals surface area contributed by atoms with Crippen molar-refractivity contribution in [3.63, 3.8) is 0 Å². The second-order valence-electron chi connectivity index (χ2n) is 4.43. The molecule has 0 saturated carbocycles. The summed E-state index contributed by atoms with van der Waals surface area (Å²) >= 11 is 1.74. The molecule has 0 aliphatic heterocycles. The van der Waals surface area contributed by atoms with E-state index in [0.717, 1.165) is 24.1 Å². The first-order chi connectivity index (χ1) is 8.78. The summed E-state index contributed by atoms with van der Waals surface area (Å²) in [6.07, 6.45) is 1.04. The first kappa shape index (κ1) is 12.8. The number of nitriles is 1. The van der Waals surface area contributed by atoms with Crippen molar-refractivity contribution in [2.75, 3.05) is 0 Å². The highest BCUT2D eigenvalue weighted by molar-refractivity contribution is 7.07. The van der Waals surface area contributed by atoms with Crippen LogP contribution < -0.4 is 5.32 Å². The molecule has 0 amide bonds. The molecular formula is C15H16N2S. The highest BCUT2D eigenvalue weighted by Crippen LogP contribution is 2.09. The third-order valence-electron chi connectivity index (χ3n) is 2.83. The van der Waals surface area contributed by atoms with Gasteiger partial charge in [0.05, 0.1) is 11.6 Å². The molecule has 0 radical (unpaired) electrons. The van der Waals surface area contributed by atoms with Gasteiger partial charge in [-0.15, -0.1) is 0 Å². The van der Waals surface area contributed by atoms with Gasteiger partial charge in [-0.25, -0.2) is 0 Å². The van der Waals surface area contributed by atoms with Gasteiger partial charge in [-0.1, -0.05) is 12.1 Å². The summed E-state index contributed by atoms with van der Waals surface area (Å²) in [4.78, 5) is 0. The van der Waals surface area contributed by atoms with Crippen LogP contribution in [-0.4, -0.2) is 6.04 Å². The molecule has 2 nitrogen and oxygen atoms in total. The van der Waals surface area contributed by atoms with Gasteiger partial charge in [-0.3, -0.25) is 0 Å². The van der Waals surface area contributed by atoms with Crippen molar-refractivity contribution >= 4 is 11.3 Å². The van der Waals surface area contributed by atoms with Crippen LogP contribution in [0.15, 0.2) is 41.1 Å². The van der Waals surface area contributed by atoms with Crippen LogP contribution in [0.2, 0.25) is 0 Å². The lowest BCUT2D eigenvalue weighted by atomic mass is 10.1. The van der Waals surface area contributed by atoms with Crippen LogP contribution in [0.5, 0.6) is 0 Å². The predicted molar refractivity (Wildman–Crippen MR) is 75.5 cm³/mol. The Morgan fingerprint density at radius 2 is 2.22 bits per heavy atom. The van der Waals surface area contributed by atoms with Crippen LogP contribution in [0.4, 0.5) is 0 Å². The smallest absolute Gasteiger partial charge is 0.0991 e. The fourth-order valence-electron chi connectivity index (χ4n) is 1.88. The fourth-order valence-corrected chi connectivity index (χ4v) is 2.56. The Morgan fingerprint density at radius 1 is 1.33 bits per heavy atom. The maximum atomic E-state index is 8.84. The first-order valence-electron chi connectivity index (χ1n) is 6.01. The molecule has 2 aromatic rings. The van der Waals surface area contributed by atoms with Crippen molar-refractivity contribution in [1.82, 2.24) is 5.32 Å². The van der Waals surface area contributed by atoms with Gasteiger partial charge in [-0.05, 0) is 53.4 Å². The number of rotatable bonds is 5. The van der Waals surface area contributed by atoms with E-state index in [4.69, 9.17) is 5.26 Å². The third kappa shape index (κ3) is 3.69. The lowest BCUT2D eigenvalue weighted by Crippen LogP contribution is -2.27. The van der Waals surface area contributed by atoms with E-state index in [2.05, 4.69) is 35.1 Å². The average molecular weight is 256 g/mol. The molecule has 1 atom stereocenters. The van der Waals surface area contributed by atoms with E-state index >= 15 is 0 Å². The minimum absolute atomic E-state index is 0.436. The zero-order valence-corrected chi connectivity index (χ0v) is 11.2. The molecule has 0 bridgehead atoms. The first-order valence-corrected chi connectivity index (χ1v) is 6.95. The Morgan fingerprint density at radius 3 is 2.94 bits per heavy atom. The van der Waals surface area contributed by atoms with Crippen molar-refractivity contribution in [3.8, 4) is 6.07 Å². The molecule has 2 rings (SSSR count). The van der Waals surface area contributed by atoms with Crippen LogP contribution >= 0.6 is 11.3 Å². The standard InChI is InChI=1S/C15H16N2S/c1-12(7-15-5-6-18-11-15)17-10-14-4-2-3-13(8-14)9-16/h2-6,8,11-12,17H,7,10H2,1H3. The van der Waals surface area contributed by atoms with E-state index in [-0.39, 0.29) is 0 Å². The van der Waals surface area contributed by atoms with Crippen LogP contribution in [-0.2, 0) is 13.0 Å². The molecule has 0 spiro atoms. The summed E-state index contributed by atoms with van der Waals surface area (Å²) in [6, 6.07) is 12.5. The van der Waals surface area contributed by atoms with Crippen molar-refractivity contribution in [1.29, 1.82) is 5.26 Å². The molecule has 1 unspecified atom stereocenters. The number of hydrogen-bond donors (Lipinski definition) is 1. The quantitative estimate of drug-likeness (QED) is 0.890. The number of benzene rings is 1. The van der Waals surface area contributed by atoms with E-state index in [9.17, 15) is 0 Å². The van der Waals surface area contributed by atoms with Crippen molar-refractivity contribution in [3.05, 3.63) is 57.8 Å². The number of nitrogens with one attached hydrogen (secondary N) is 1. The fraction of sp³-hybridized carbons (Fsp3) is 0.267. The second-order valence-corrected chi connectivity index (χ2v) is 5.21. The summed E-state index contributed by atoms with van der Waals surface area (Å²) in [5.41, 5.74) is 3.26. The monoisotopic (exact) mass is 256 g/mol. The summed E-state index contributed by atoms with van der Waals surface area (Å²) in [5.74, 6) is 0. The van der Waals surface area contributed by atoms with Crippen molar-refractivity contribution < 1.29 is 0 Å². The summed E-state index contributed by atoms with van der Waals surface area (Å²) in [7, 11) is 0. The number of thiophene rings is 1. The molecule has 1 aromatic heterocycles. The van der Waals surface area contributed by atoms with Crippen LogP contribution in [0, 0.1) is 11.3 Å². The highest BCUT2D eigenvalue weighted by Gasteiger charge is 2.03. The number of nitrogens with zero attached hydrogens (tertiary/aromatic N) is 1. The Hall–Kier alpha value is -1.63. The van der Waals surface area contributed by atoms with Gasteiger partial charge in [0.15, 0.2) is 0 Å². The molecule has 18 heavy (non-hydrogen) atoms. The molecule has 92 valence electrons. The molecule has 0 aliphatic rings. The van der Waals surface area contributed by atoms with Crippen LogP contribution in [0.3, 0.4) is 0 Å². The van der Waals surface area contributed by atoms with Gasteiger partial charge in [0.2, 0.25) is 0 Å². The zero-order chi connectivity index (χ0) is 12.8. The molecule has 0 aliphatic carbocycles. The van der Waals surface area contributed by atoms with Gasteiger partial charge >= 0.3 is 0 Å². The minimum Gasteiger partial charge on any atom is -0.310 e. The molecule has 3 heteroatoms. The van der Waals surface area contributed by atoms with Gasteiger partial charge in [0.1, 0.15) is 0 Å². The third-order valence-corrected chi connectivity index (χ3v) is 3.56. The molecule has 1 aromatic carbocycles. The predicted octanol–water partition coefficient (Wildman–Crippen LogP) is 3.34. The molecule has 1 heterocycles. The van der Waals surface area contributed by atoms with E-state index in [1.807, 2.05) is 24.3 Å².